The number of hydrogen-bond acceptors (Lipinski definition) is 4. The van der Waals surface area contributed by atoms with Crippen LogP contribution in [-0.2, 0) is 9.53 Å². The van der Waals surface area contributed by atoms with Crippen LogP contribution < -0.4 is 0 Å². The van der Waals surface area contributed by atoms with Crippen LogP contribution in [0.1, 0.15) is 245 Å². The first-order valence-electron chi connectivity index (χ1n) is 21.6. The van der Waals surface area contributed by atoms with E-state index >= 15 is 0 Å². The Balaban J connectivity index is 3.28. The van der Waals surface area contributed by atoms with Crippen LogP contribution in [0.5, 0.6) is 0 Å². The molecule has 2 atom stereocenters. The Kier molecular flexibility index (Phi) is 39.3. The Morgan fingerprint density at radius 2 is 0.766 bits per heavy atom. The molecular weight excluding hydrogens is 580 g/mol. The summed E-state index contributed by atoms with van der Waals surface area (Å²) in [6.07, 6.45) is 48.5. The van der Waals surface area contributed by atoms with Gasteiger partial charge in [0.2, 0.25) is 0 Å². The molecule has 47 heavy (non-hydrogen) atoms. The van der Waals surface area contributed by atoms with Gasteiger partial charge in [0.25, 0.3) is 0 Å². The molecule has 0 saturated heterocycles. The van der Waals surface area contributed by atoms with Gasteiger partial charge in [-0.05, 0) is 12.3 Å². The van der Waals surface area contributed by atoms with Crippen molar-refractivity contribution in [3.8, 4) is 0 Å². The van der Waals surface area contributed by atoms with E-state index in [0.717, 1.165) is 18.8 Å². The van der Waals surface area contributed by atoms with E-state index < -0.39 is 6.10 Å². The molecule has 0 spiro atoms. The summed E-state index contributed by atoms with van der Waals surface area (Å²) in [4.78, 5) is 11.5. The second-order valence-corrected chi connectivity index (χ2v) is 15.1. The van der Waals surface area contributed by atoms with Gasteiger partial charge in [-0.25, -0.2) is 0 Å². The van der Waals surface area contributed by atoms with Crippen LogP contribution in [0.15, 0.2) is 0 Å². The van der Waals surface area contributed by atoms with Crippen LogP contribution >= 0.6 is 0 Å². The highest BCUT2D eigenvalue weighted by atomic mass is 16.5. The van der Waals surface area contributed by atoms with Crippen molar-refractivity contribution in [2.75, 3.05) is 13.2 Å². The molecule has 0 rings (SSSR count). The van der Waals surface area contributed by atoms with E-state index in [9.17, 15) is 9.90 Å². The lowest BCUT2D eigenvalue weighted by Crippen LogP contribution is -2.21. The van der Waals surface area contributed by atoms with Gasteiger partial charge in [0.15, 0.2) is 0 Å². The normalized spacial score (nSPS) is 12.9. The number of aliphatic hydroxyl groups is 2. The van der Waals surface area contributed by atoms with Gasteiger partial charge >= 0.3 is 5.97 Å². The quantitative estimate of drug-likeness (QED) is 0.0504. The van der Waals surface area contributed by atoms with Crippen molar-refractivity contribution >= 4 is 5.97 Å². The molecule has 4 nitrogen and oxygen atoms in total. The van der Waals surface area contributed by atoms with E-state index in [1.807, 2.05) is 0 Å². The zero-order chi connectivity index (χ0) is 34.3. The molecule has 0 heterocycles. The first-order chi connectivity index (χ1) is 23.1. The number of rotatable bonds is 40. The summed E-state index contributed by atoms with van der Waals surface area (Å²) in [6, 6.07) is 0. The molecule has 2 N–H and O–H groups in total. The Labute approximate surface area is 295 Å². The summed E-state index contributed by atoms with van der Waals surface area (Å²) in [5.41, 5.74) is 0. The maximum atomic E-state index is 11.5. The molecule has 0 fully saturated rings. The molecule has 0 aliphatic heterocycles. The number of ether oxygens (including phenoxy) is 1. The maximum absolute atomic E-state index is 11.5. The van der Waals surface area contributed by atoms with Crippen molar-refractivity contribution in [3.05, 3.63) is 0 Å². The van der Waals surface area contributed by atoms with Crippen molar-refractivity contribution < 1.29 is 19.7 Å². The fraction of sp³-hybridized carbons (Fsp3) is 0.977. The smallest absolute Gasteiger partial charge is 0.305 e. The van der Waals surface area contributed by atoms with Crippen molar-refractivity contribution in [1.29, 1.82) is 0 Å². The fourth-order valence-corrected chi connectivity index (χ4v) is 7.02. The van der Waals surface area contributed by atoms with E-state index in [1.54, 1.807) is 0 Å². The average molecular weight is 667 g/mol. The van der Waals surface area contributed by atoms with Gasteiger partial charge in [0.05, 0.1) is 6.61 Å². The minimum Gasteiger partial charge on any atom is -0.463 e. The molecule has 282 valence electrons. The molecule has 0 aromatic carbocycles. The number of esters is 1. The minimum absolute atomic E-state index is 0.103. The Morgan fingerprint density at radius 1 is 0.468 bits per heavy atom. The second-order valence-electron chi connectivity index (χ2n) is 15.1. The van der Waals surface area contributed by atoms with Crippen LogP contribution in [0, 0.1) is 5.92 Å². The van der Waals surface area contributed by atoms with Gasteiger partial charge in [-0.3, -0.25) is 4.79 Å². The van der Waals surface area contributed by atoms with E-state index in [1.165, 1.54) is 212 Å². The summed E-state index contributed by atoms with van der Waals surface area (Å²) >= 11 is 0. The predicted octanol–water partition coefficient (Wildman–Crippen LogP) is 13.6. The Bertz CT molecular complexity index is 594. The van der Waals surface area contributed by atoms with Crippen molar-refractivity contribution in [3.63, 3.8) is 0 Å². The zero-order valence-corrected chi connectivity index (χ0v) is 32.2. The highest BCUT2D eigenvalue weighted by molar-refractivity contribution is 5.69. The molecule has 2 unspecified atom stereocenters. The Hall–Kier alpha value is -0.610. The topological polar surface area (TPSA) is 66.8 Å². The van der Waals surface area contributed by atoms with Gasteiger partial charge in [-0.15, -0.1) is 0 Å². The summed E-state index contributed by atoms with van der Waals surface area (Å²) in [6.45, 7) is 4.25. The maximum Gasteiger partial charge on any atom is 0.305 e. The van der Waals surface area contributed by atoms with Gasteiger partial charge < -0.3 is 14.9 Å². The lowest BCUT2D eigenvalue weighted by Gasteiger charge is -2.14. The fourth-order valence-electron chi connectivity index (χ4n) is 7.02. The second kappa shape index (κ2) is 39.8. The number of carbonyl (C=O) groups is 1. The largest absolute Gasteiger partial charge is 0.463 e. The van der Waals surface area contributed by atoms with Crippen LogP contribution in [0.3, 0.4) is 0 Å². The molecule has 0 aliphatic rings. The van der Waals surface area contributed by atoms with E-state index in [4.69, 9.17) is 9.84 Å². The minimum atomic E-state index is -0.958. The van der Waals surface area contributed by atoms with Crippen molar-refractivity contribution in [1.82, 2.24) is 0 Å². The summed E-state index contributed by atoms with van der Waals surface area (Å²) in [5.74, 6) is 0.714. The molecule has 0 aliphatic carbocycles. The van der Waals surface area contributed by atoms with Gasteiger partial charge in [0.1, 0.15) is 12.7 Å². The third-order valence-corrected chi connectivity index (χ3v) is 10.4. The van der Waals surface area contributed by atoms with Gasteiger partial charge in [-0.2, -0.15) is 0 Å². The summed E-state index contributed by atoms with van der Waals surface area (Å²) < 4.78 is 4.93. The van der Waals surface area contributed by atoms with Crippen LogP contribution in [0.4, 0.5) is 0 Å². The van der Waals surface area contributed by atoms with Crippen LogP contribution in [-0.4, -0.2) is 35.5 Å². The molecule has 0 bridgehead atoms. The molecule has 4 heteroatoms. The molecule has 0 aromatic rings. The number of aliphatic hydroxyl groups excluding tert-OH is 2. The first kappa shape index (κ1) is 46.4. The predicted molar refractivity (Wildman–Crippen MR) is 205 cm³/mol. The highest BCUT2D eigenvalue weighted by Gasteiger charge is 2.08. The van der Waals surface area contributed by atoms with Gasteiger partial charge in [0, 0.05) is 6.42 Å². The van der Waals surface area contributed by atoms with Crippen LogP contribution in [0.25, 0.3) is 0 Å². The first-order valence-corrected chi connectivity index (χ1v) is 21.6. The molecule has 0 saturated carbocycles. The van der Waals surface area contributed by atoms with Gasteiger partial charge in [-0.1, -0.05) is 232 Å². The molecular formula is C43H86O4. The van der Waals surface area contributed by atoms with Crippen LogP contribution in [0.2, 0.25) is 0 Å². The number of carbonyl (C=O) groups excluding carboxylic acids is 1. The standard InChI is InChI=1S/C43H86O4/c1-3-5-6-7-8-9-10-11-12-15-18-21-24-27-30-33-36-41(4-2)37-34-31-28-25-22-19-16-13-14-17-20-23-26-29-32-35-38-43(46)47-40-42(45)39-44/h41-42,44-45H,3-40H2,1-2H3. The SMILES string of the molecule is CCCCCCCCCCCCCCCCCCC(CC)CCCCCCCCCCCCCCCCCCC(=O)OCC(O)CO. The zero-order valence-electron chi connectivity index (χ0n) is 32.2. The summed E-state index contributed by atoms with van der Waals surface area (Å²) in [7, 11) is 0. The number of unbranched alkanes of at least 4 members (excludes halogenated alkanes) is 30. The van der Waals surface area contributed by atoms with Crippen molar-refractivity contribution in [2.24, 2.45) is 5.92 Å². The lowest BCUT2D eigenvalue weighted by molar-refractivity contribution is -0.147. The Morgan fingerprint density at radius 3 is 1.06 bits per heavy atom. The lowest BCUT2D eigenvalue weighted by atomic mass is 9.92. The van der Waals surface area contributed by atoms with E-state index in [0.29, 0.717) is 6.42 Å². The third kappa shape index (κ3) is 38.1. The van der Waals surface area contributed by atoms with E-state index in [2.05, 4.69) is 13.8 Å². The average Bonchev–Trinajstić information content (AvgIpc) is 3.08. The highest BCUT2D eigenvalue weighted by Crippen LogP contribution is 2.22. The van der Waals surface area contributed by atoms with E-state index in [-0.39, 0.29) is 19.2 Å². The third-order valence-electron chi connectivity index (χ3n) is 10.4. The van der Waals surface area contributed by atoms with Crippen molar-refractivity contribution in [2.45, 2.75) is 251 Å². The number of hydrogen-bond donors (Lipinski definition) is 2. The molecule has 0 amide bonds. The molecule has 0 radical (unpaired) electrons. The summed E-state index contributed by atoms with van der Waals surface area (Å²) in [5, 5.41) is 17.9. The molecule has 0 aromatic heterocycles. The monoisotopic (exact) mass is 667 g/mol.